The van der Waals surface area contributed by atoms with Crippen LogP contribution in [-0.2, 0) is 4.79 Å². The molecule has 0 radical (unpaired) electrons. The minimum atomic E-state index is -0.929. The van der Waals surface area contributed by atoms with E-state index < -0.39 is 18.2 Å². The average molecular weight is 818 g/mol. The maximum absolute atomic E-state index is 12.5. The standard InChI is InChI=1S/C53H103NO4/c1-3-5-7-9-11-13-15-17-19-21-23-25-26-27-28-30-32-34-36-38-40-42-44-46-50(56)48-53(58)54-51(49-55)52(57)47-45-43-41-39-37-35-33-31-29-24-22-20-18-16-14-12-10-8-6-4-2/h27-28,45,47,50-52,55-57H,3-26,29-44,46,48-49H2,1-2H3,(H,54,58)/b28-27-,47-45+. The third kappa shape index (κ3) is 44.4. The van der Waals surface area contributed by atoms with Crippen LogP contribution >= 0.6 is 0 Å². The summed E-state index contributed by atoms with van der Waals surface area (Å²) in [7, 11) is 0. The van der Waals surface area contributed by atoms with Crippen molar-refractivity contribution in [3.63, 3.8) is 0 Å². The molecule has 0 aromatic carbocycles. The zero-order valence-corrected chi connectivity index (χ0v) is 39.2. The normalized spacial score (nSPS) is 13.5. The van der Waals surface area contributed by atoms with Gasteiger partial charge in [-0.3, -0.25) is 4.79 Å². The van der Waals surface area contributed by atoms with Gasteiger partial charge in [0.15, 0.2) is 0 Å². The molecule has 3 unspecified atom stereocenters. The van der Waals surface area contributed by atoms with Gasteiger partial charge < -0.3 is 20.6 Å². The molecule has 0 heterocycles. The lowest BCUT2D eigenvalue weighted by Crippen LogP contribution is -2.45. The maximum atomic E-state index is 12.5. The van der Waals surface area contributed by atoms with Crippen LogP contribution in [0, 0.1) is 0 Å². The highest BCUT2D eigenvalue weighted by atomic mass is 16.3. The summed E-state index contributed by atoms with van der Waals surface area (Å²) < 4.78 is 0. The number of aliphatic hydroxyl groups is 3. The van der Waals surface area contributed by atoms with Gasteiger partial charge in [-0.2, -0.15) is 0 Å². The Bertz CT molecular complexity index is 859. The van der Waals surface area contributed by atoms with Crippen LogP contribution in [-0.4, -0.2) is 46.1 Å². The smallest absolute Gasteiger partial charge is 0.222 e. The first-order valence-electron chi connectivity index (χ1n) is 26.1. The first-order valence-corrected chi connectivity index (χ1v) is 26.1. The van der Waals surface area contributed by atoms with E-state index in [9.17, 15) is 20.1 Å². The van der Waals surface area contributed by atoms with Crippen molar-refractivity contribution in [1.29, 1.82) is 0 Å². The summed E-state index contributed by atoms with van der Waals surface area (Å²) in [6.07, 6.45) is 60.6. The summed E-state index contributed by atoms with van der Waals surface area (Å²) in [6.45, 7) is 4.24. The quantitative estimate of drug-likeness (QED) is 0.0364. The van der Waals surface area contributed by atoms with Crippen molar-refractivity contribution < 1.29 is 20.1 Å². The second-order valence-corrected chi connectivity index (χ2v) is 18.1. The lowest BCUT2D eigenvalue weighted by Gasteiger charge is -2.21. The molecule has 0 fully saturated rings. The van der Waals surface area contributed by atoms with Crippen molar-refractivity contribution in [3.05, 3.63) is 24.3 Å². The van der Waals surface area contributed by atoms with Gasteiger partial charge in [-0.15, -0.1) is 0 Å². The molecule has 0 bridgehead atoms. The fraction of sp³-hybridized carbons (Fsp3) is 0.906. The van der Waals surface area contributed by atoms with Gasteiger partial charge in [-0.1, -0.05) is 256 Å². The number of hydrogen-bond donors (Lipinski definition) is 4. The molecule has 58 heavy (non-hydrogen) atoms. The lowest BCUT2D eigenvalue weighted by atomic mass is 10.0. The van der Waals surface area contributed by atoms with Crippen molar-refractivity contribution in [2.24, 2.45) is 0 Å². The van der Waals surface area contributed by atoms with Gasteiger partial charge in [0.05, 0.1) is 31.3 Å². The summed E-state index contributed by atoms with van der Waals surface area (Å²) in [5.74, 6) is -0.314. The van der Waals surface area contributed by atoms with Crippen LogP contribution in [0.4, 0.5) is 0 Å². The Morgan fingerprint density at radius 1 is 0.431 bits per heavy atom. The highest BCUT2D eigenvalue weighted by Gasteiger charge is 2.20. The number of nitrogens with one attached hydrogen (secondary N) is 1. The molecule has 1 amide bonds. The van der Waals surface area contributed by atoms with E-state index in [-0.39, 0.29) is 18.9 Å². The molecule has 0 saturated heterocycles. The van der Waals surface area contributed by atoms with E-state index in [4.69, 9.17) is 0 Å². The van der Waals surface area contributed by atoms with E-state index in [1.165, 1.54) is 231 Å². The fourth-order valence-corrected chi connectivity index (χ4v) is 8.22. The Kier molecular flexibility index (Phi) is 47.5. The van der Waals surface area contributed by atoms with Gasteiger partial charge in [-0.25, -0.2) is 0 Å². The number of amides is 1. The Hall–Kier alpha value is -1.17. The van der Waals surface area contributed by atoms with Gasteiger partial charge in [0.1, 0.15) is 0 Å². The zero-order valence-electron chi connectivity index (χ0n) is 39.2. The maximum Gasteiger partial charge on any atom is 0.222 e. The van der Waals surface area contributed by atoms with Crippen molar-refractivity contribution in [2.45, 2.75) is 302 Å². The van der Waals surface area contributed by atoms with E-state index in [1.54, 1.807) is 6.08 Å². The van der Waals surface area contributed by atoms with Gasteiger partial charge >= 0.3 is 0 Å². The van der Waals surface area contributed by atoms with Gasteiger partial charge in [-0.05, 0) is 44.9 Å². The molecular formula is C53H103NO4. The van der Waals surface area contributed by atoms with Crippen molar-refractivity contribution in [3.8, 4) is 0 Å². The number of rotatable bonds is 48. The summed E-state index contributed by atoms with van der Waals surface area (Å²) in [5, 5.41) is 33.4. The monoisotopic (exact) mass is 818 g/mol. The predicted molar refractivity (Wildman–Crippen MR) is 255 cm³/mol. The summed E-state index contributed by atoms with van der Waals surface area (Å²) >= 11 is 0. The molecular weight excluding hydrogens is 715 g/mol. The first kappa shape index (κ1) is 56.8. The van der Waals surface area contributed by atoms with Crippen LogP contribution in [0.2, 0.25) is 0 Å². The molecule has 3 atom stereocenters. The third-order valence-corrected chi connectivity index (χ3v) is 12.2. The van der Waals surface area contributed by atoms with Crippen molar-refractivity contribution in [2.75, 3.05) is 6.61 Å². The predicted octanol–water partition coefficient (Wildman–Crippen LogP) is 15.7. The highest BCUT2D eigenvalue weighted by Crippen LogP contribution is 2.17. The van der Waals surface area contributed by atoms with Gasteiger partial charge in [0.2, 0.25) is 5.91 Å². The largest absolute Gasteiger partial charge is 0.394 e. The molecule has 5 heteroatoms. The van der Waals surface area contributed by atoms with E-state index >= 15 is 0 Å². The topological polar surface area (TPSA) is 89.8 Å². The summed E-state index contributed by atoms with van der Waals surface area (Å²) in [6, 6.07) is -0.744. The van der Waals surface area contributed by atoms with Crippen LogP contribution in [0.15, 0.2) is 24.3 Å². The number of unbranched alkanes of at least 4 members (excludes halogenated alkanes) is 37. The number of allylic oxidation sites excluding steroid dienone is 3. The molecule has 4 N–H and O–H groups in total. The second kappa shape index (κ2) is 48.5. The number of carbonyl (C=O) groups excluding carboxylic acids is 1. The summed E-state index contributed by atoms with van der Waals surface area (Å²) in [5.41, 5.74) is 0. The lowest BCUT2D eigenvalue weighted by molar-refractivity contribution is -0.124. The molecule has 0 aromatic heterocycles. The SMILES string of the molecule is CCCCCCCCCCCCCC/C=C\CCCCCCCCCC(O)CC(=O)NC(CO)C(O)/C=C/CCCCCCCCCCCCCCCCCCCC. The van der Waals surface area contributed by atoms with E-state index in [0.29, 0.717) is 6.42 Å². The van der Waals surface area contributed by atoms with Crippen LogP contribution in [0.3, 0.4) is 0 Å². The molecule has 0 aliphatic carbocycles. The minimum absolute atomic E-state index is 0.0130. The molecule has 0 spiro atoms. The Balaban J connectivity index is 3.60. The minimum Gasteiger partial charge on any atom is -0.394 e. The van der Waals surface area contributed by atoms with E-state index in [2.05, 4.69) is 31.3 Å². The van der Waals surface area contributed by atoms with Crippen molar-refractivity contribution in [1.82, 2.24) is 5.32 Å². The van der Waals surface area contributed by atoms with Gasteiger partial charge in [0, 0.05) is 0 Å². The Labute approximate surface area is 362 Å². The molecule has 0 saturated carbocycles. The third-order valence-electron chi connectivity index (χ3n) is 12.2. The van der Waals surface area contributed by atoms with Crippen LogP contribution < -0.4 is 5.32 Å². The second-order valence-electron chi connectivity index (χ2n) is 18.1. The zero-order chi connectivity index (χ0) is 42.3. The van der Waals surface area contributed by atoms with Gasteiger partial charge in [0.25, 0.3) is 0 Å². The molecule has 0 aromatic rings. The summed E-state index contributed by atoms with van der Waals surface area (Å²) in [4.78, 5) is 12.5. The molecule has 0 rings (SSSR count). The molecule has 5 nitrogen and oxygen atoms in total. The number of carbonyl (C=O) groups is 1. The Morgan fingerprint density at radius 3 is 1.05 bits per heavy atom. The molecule has 344 valence electrons. The average Bonchev–Trinajstić information content (AvgIpc) is 3.22. The van der Waals surface area contributed by atoms with Crippen LogP contribution in [0.1, 0.15) is 284 Å². The fourth-order valence-electron chi connectivity index (χ4n) is 8.22. The highest BCUT2D eigenvalue weighted by molar-refractivity contribution is 5.76. The number of hydrogen-bond acceptors (Lipinski definition) is 4. The number of aliphatic hydroxyl groups excluding tert-OH is 3. The first-order chi connectivity index (χ1) is 28.5. The van der Waals surface area contributed by atoms with Crippen molar-refractivity contribution >= 4 is 5.91 Å². The Morgan fingerprint density at radius 2 is 0.724 bits per heavy atom. The van der Waals surface area contributed by atoms with E-state index in [0.717, 1.165) is 25.7 Å². The van der Waals surface area contributed by atoms with E-state index in [1.807, 2.05) is 6.08 Å². The van der Waals surface area contributed by atoms with Crippen LogP contribution in [0.25, 0.3) is 0 Å². The van der Waals surface area contributed by atoms with Crippen LogP contribution in [0.5, 0.6) is 0 Å². The molecule has 0 aliphatic rings. The molecule has 0 aliphatic heterocycles.